The molecule has 0 aromatic heterocycles. The number of hydrogen-bond acceptors (Lipinski definition) is 1. The highest BCUT2D eigenvalue weighted by molar-refractivity contribution is 9.10. The van der Waals surface area contributed by atoms with Crippen molar-refractivity contribution in [1.29, 1.82) is 0 Å². The summed E-state index contributed by atoms with van der Waals surface area (Å²) < 4.78 is 1.02. The molecule has 0 unspecified atom stereocenters. The summed E-state index contributed by atoms with van der Waals surface area (Å²) in [6.45, 7) is 0. The van der Waals surface area contributed by atoms with E-state index in [1.165, 1.54) is 5.56 Å². The molecular weight excluding hydrogens is 264 g/mol. The lowest BCUT2D eigenvalue weighted by molar-refractivity contribution is 0.0992. The van der Waals surface area contributed by atoms with Gasteiger partial charge in [0, 0.05) is 16.5 Å². The van der Waals surface area contributed by atoms with Crippen LogP contribution >= 0.6 is 15.9 Å². The maximum absolute atomic E-state index is 12.0. The Kier molecular flexibility index (Phi) is 2.18. The molecule has 0 aliphatic heterocycles. The number of carbonyl (C=O) groups excluding carboxylic acids is 1. The van der Waals surface area contributed by atoms with Crippen LogP contribution in [-0.4, -0.2) is 5.78 Å². The second-order valence-electron chi connectivity index (χ2n) is 3.91. The Labute approximate surface area is 102 Å². The molecule has 0 radical (unpaired) electrons. The SMILES string of the molecule is O=C1Cc2c(Br)cccc2-c2ccccc21. The summed E-state index contributed by atoms with van der Waals surface area (Å²) >= 11 is 3.51. The van der Waals surface area contributed by atoms with Gasteiger partial charge in [0.1, 0.15) is 0 Å². The normalized spacial score (nSPS) is 13.2. The molecule has 0 saturated heterocycles. The number of benzene rings is 2. The van der Waals surface area contributed by atoms with Crippen molar-refractivity contribution in [3.63, 3.8) is 0 Å². The number of rotatable bonds is 0. The standard InChI is InChI=1S/C14H9BrO/c15-13-7-3-6-10-9-4-1-2-5-11(9)14(16)8-12(10)13/h1-7H,8H2. The predicted molar refractivity (Wildman–Crippen MR) is 67.6 cm³/mol. The van der Waals surface area contributed by atoms with Gasteiger partial charge < -0.3 is 0 Å². The van der Waals surface area contributed by atoms with Crippen molar-refractivity contribution in [2.24, 2.45) is 0 Å². The second kappa shape index (κ2) is 3.56. The first kappa shape index (κ1) is 9.79. The van der Waals surface area contributed by atoms with E-state index in [2.05, 4.69) is 22.0 Å². The number of ketones is 1. The molecule has 0 heterocycles. The van der Waals surface area contributed by atoms with Crippen LogP contribution in [0.2, 0.25) is 0 Å². The molecule has 2 aromatic carbocycles. The Morgan fingerprint density at radius 3 is 2.38 bits per heavy atom. The molecule has 2 heteroatoms. The second-order valence-corrected chi connectivity index (χ2v) is 4.77. The van der Waals surface area contributed by atoms with Crippen LogP contribution in [0.15, 0.2) is 46.9 Å². The van der Waals surface area contributed by atoms with Gasteiger partial charge in [-0.1, -0.05) is 52.3 Å². The minimum absolute atomic E-state index is 0.204. The molecule has 0 atom stereocenters. The summed E-state index contributed by atoms with van der Waals surface area (Å²) in [5.41, 5.74) is 4.17. The maximum Gasteiger partial charge on any atom is 0.167 e. The topological polar surface area (TPSA) is 17.1 Å². The van der Waals surface area contributed by atoms with Gasteiger partial charge in [-0.25, -0.2) is 0 Å². The quantitative estimate of drug-likeness (QED) is 0.712. The number of hydrogen-bond donors (Lipinski definition) is 0. The molecule has 0 bridgehead atoms. The zero-order valence-electron chi connectivity index (χ0n) is 8.53. The Balaban J connectivity index is 2.36. The summed E-state index contributed by atoms with van der Waals surface area (Å²) in [6, 6.07) is 13.9. The van der Waals surface area contributed by atoms with Gasteiger partial charge >= 0.3 is 0 Å². The van der Waals surface area contributed by atoms with Crippen LogP contribution in [0.4, 0.5) is 0 Å². The molecule has 0 spiro atoms. The molecular formula is C14H9BrO. The first-order chi connectivity index (χ1) is 7.77. The average molecular weight is 273 g/mol. The van der Waals surface area contributed by atoms with Gasteiger partial charge in [0.25, 0.3) is 0 Å². The van der Waals surface area contributed by atoms with Gasteiger partial charge in [-0.15, -0.1) is 0 Å². The molecule has 16 heavy (non-hydrogen) atoms. The van der Waals surface area contributed by atoms with Crippen LogP contribution in [0.5, 0.6) is 0 Å². The highest BCUT2D eigenvalue weighted by atomic mass is 79.9. The van der Waals surface area contributed by atoms with E-state index >= 15 is 0 Å². The monoisotopic (exact) mass is 272 g/mol. The number of fused-ring (bicyclic) bond motifs is 3. The Bertz CT molecular complexity index is 587. The summed E-state index contributed by atoms with van der Waals surface area (Å²) in [6.07, 6.45) is 0.494. The smallest absolute Gasteiger partial charge is 0.167 e. The van der Waals surface area contributed by atoms with Crippen molar-refractivity contribution >= 4 is 21.7 Å². The molecule has 0 fully saturated rings. The zero-order chi connectivity index (χ0) is 11.1. The third-order valence-electron chi connectivity index (χ3n) is 2.97. The van der Waals surface area contributed by atoms with Crippen molar-refractivity contribution in [3.05, 3.63) is 58.1 Å². The Morgan fingerprint density at radius 2 is 1.56 bits per heavy atom. The summed E-state index contributed by atoms with van der Waals surface area (Å²) in [5, 5.41) is 0. The molecule has 0 saturated carbocycles. The Hall–Kier alpha value is -1.41. The van der Waals surface area contributed by atoms with Gasteiger partial charge in [0.2, 0.25) is 0 Å². The summed E-state index contributed by atoms with van der Waals surface area (Å²) in [5.74, 6) is 0.204. The highest BCUT2D eigenvalue weighted by Gasteiger charge is 2.22. The van der Waals surface area contributed by atoms with Gasteiger partial charge in [-0.2, -0.15) is 0 Å². The van der Waals surface area contributed by atoms with Gasteiger partial charge in [0.05, 0.1) is 0 Å². The van der Waals surface area contributed by atoms with Crippen molar-refractivity contribution in [3.8, 4) is 11.1 Å². The molecule has 78 valence electrons. The van der Waals surface area contributed by atoms with E-state index in [1.54, 1.807) is 0 Å². The van der Waals surface area contributed by atoms with Gasteiger partial charge in [0.15, 0.2) is 5.78 Å². The van der Waals surface area contributed by atoms with E-state index in [4.69, 9.17) is 0 Å². The third-order valence-corrected chi connectivity index (χ3v) is 3.72. The average Bonchev–Trinajstić information content (AvgIpc) is 2.31. The molecule has 2 aromatic rings. The van der Waals surface area contributed by atoms with E-state index in [-0.39, 0.29) is 5.78 Å². The molecule has 1 nitrogen and oxygen atoms in total. The van der Waals surface area contributed by atoms with Crippen LogP contribution in [-0.2, 0) is 6.42 Å². The molecule has 0 amide bonds. The minimum Gasteiger partial charge on any atom is -0.294 e. The fourth-order valence-corrected chi connectivity index (χ4v) is 2.71. The molecule has 3 rings (SSSR count). The number of carbonyl (C=O) groups is 1. The fourth-order valence-electron chi connectivity index (χ4n) is 2.21. The summed E-state index contributed by atoms with van der Waals surface area (Å²) in [7, 11) is 0. The van der Waals surface area contributed by atoms with Crippen LogP contribution in [0, 0.1) is 0 Å². The molecule has 1 aliphatic rings. The van der Waals surface area contributed by atoms with Crippen LogP contribution < -0.4 is 0 Å². The predicted octanol–water partition coefficient (Wildman–Crippen LogP) is 3.85. The third kappa shape index (κ3) is 1.34. The fraction of sp³-hybridized carbons (Fsp3) is 0.0714. The Morgan fingerprint density at radius 1 is 0.875 bits per heavy atom. The van der Waals surface area contributed by atoms with Crippen molar-refractivity contribution in [2.75, 3.05) is 0 Å². The van der Waals surface area contributed by atoms with Gasteiger partial charge in [-0.05, 0) is 22.8 Å². The van der Waals surface area contributed by atoms with E-state index < -0.39 is 0 Å². The number of halogens is 1. The molecule has 1 aliphatic carbocycles. The van der Waals surface area contributed by atoms with Crippen LogP contribution in [0.25, 0.3) is 11.1 Å². The van der Waals surface area contributed by atoms with E-state index in [0.717, 1.165) is 21.2 Å². The lowest BCUT2D eigenvalue weighted by Gasteiger charge is -2.19. The zero-order valence-corrected chi connectivity index (χ0v) is 10.1. The van der Waals surface area contributed by atoms with E-state index in [9.17, 15) is 4.79 Å². The van der Waals surface area contributed by atoms with E-state index in [0.29, 0.717) is 6.42 Å². The summed E-state index contributed by atoms with van der Waals surface area (Å²) in [4.78, 5) is 12.0. The highest BCUT2D eigenvalue weighted by Crippen LogP contribution is 2.36. The lowest BCUT2D eigenvalue weighted by atomic mass is 9.85. The van der Waals surface area contributed by atoms with E-state index in [1.807, 2.05) is 36.4 Å². The van der Waals surface area contributed by atoms with Gasteiger partial charge in [-0.3, -0.25) is 4.79 Å². The first-order valence-electron chi connectivity index (χ1n) is 5.17. The van der Waals surface area contributed by atoms with Crippen molar-refractivity contribution in [2.45, 2.75) is 6.42 Å². The van der Waals surface area contributed by atoms with Crippen molar-refractivity contribution < 1.29 is 4.79 Å². The van der Waals surface area contributed by atoms with Crippen LogP contribution in [0.1, 0.15) is 15.9 Å². The molecule has 0 N–H and O–H groups in total. The number of Topliss-reactive ketones (excluding diaryl/α,β-unsaturated/α-hetero) is 1. The maximum atomic E-state index is 12.0. The lowest BCUT2D eigenvalue weighted by Crippen LogP contribution is -2.12. The largest absolute Gasteiger partial charge is 0.294 e. The minimum atomic E-state index is 0.204. The van der Waals surface area contributed by atoms with Crippen LogP contribution in [0.3, 0.4) is 0 Å². The van der Waals surface area contributed by atoms with Crippen molar-refractivity contribution in [1.82, 2.24) is 0 Å². The first-order valence-corrected chi connectivity index (χ1v) is 5.96.